The first-order chi connectivity index (χ1) is 24.1. The lowest BCUT2D eigenvalue weighted by Crippen LogP contribution is -2.39. The Kier molecular flexibility index (Phi) is 7.73. The average molecular weight is 652 g/mol. The van der Waals surface area contributed by atoms with E-state index in [-0.39, 0.29) is 18.0 Å². The Hall–Kier alpha value is -4.53. The number of fused-ring (bicyclic) bond motifs is 5. The molecule has 4 heterocycles. The molecule has 3 aromatic carbocycles. The number of nitrogens with one attached hydrogen (secondary N) is 3. The van der Waals surface area contributed by atoms with Crippen LogP contribution in [0.1, 0.15) is 103 Å². The van der Waals surface area contributed by atoms with Gasteiger partial charge in [-0.25, -0.2) is 9.97 Å². The van der Waals surface area contributed by atoms with Gasteiger partial charge in [0.1, 0.15) is 17.7 Å². The minimum Gasteiger partial charge on any atom is -0.341 e. The van der Waals surface area contributed by atoms with Crippen molar-refractivity contribution in [1.29, 1.82) is 0 Å². The summed E-state index contributed by atoms with van der Waals surface area (Å²) in [6, 6.07) is 23.6. The number of imidazole rings is 2. The fraction of sp³-hybridized carbons (Fsp3) is 0.390. The number of hydrogen-bond acceptors (Lipinski definition) is 5. The molecule has 3 N–H and O–H groups in total. The molecule has 2 aromatic heterocycles. The van der Waals surface area contributed by atoms with E-state index in [9.17, 15) is 4.79 Å². The van der Waals surface area contributed by atoms with Crippen LogP contribution in [0.5, 0.6) is 0 Å². The summed E-state index contributed by atoms with van der Waals surface area (Å²) in [6.45, 7) is 1.88. The monoisotopic (exact) mass is 651 g/mol. The van der Waals surface area contributed by atoms with Crippen molar-refractivity contribution in [3.8, 4) is 33.6 Å². The molecule has 9 rings (SSSR count). The minimum atomic E-state index is -0.370. The number of H-pyrrole nitrogens is 2. The number of carbonyl (C=O) groups excluding carboxylic acids is 1. The standard InChI is InChI=1S/C41H45N7O/c1-42-38(27-8-4-3-5-9-27)41(49)48-21-7-11-35(48)40-43-23-32(45-40)26-14-12-25(13-15-26)30-18-19-31(37-29-17-16-28(22-29)36(30)37)33-24-44-39(46-33)34-10-6-20-47(34)2/h3-5,8-9,12-15,18-19,23-24,28-29,34-35,38,42H,6-7,10-11,16-17,20-22H2,1-2H3,(H,43,45)(H,44,46)/t28?,29?,34?,35-,38-/m0/s1. The van der Waals surface area contributed by atoms with Crippen LogP contribution >= 0.6 is 0 Å². The highest BCUT2D eigenvalue weighted by Gasteiger charge is 2.41. The van der Waals surface area contributed by atoms with Crippen LogP contribution in [0.4, 0.5) is 0 Å². The number of aromatic amines is 2. The van der Waals surface area contributed by atoms with Gasteiger partial charge < -0.3 is 20.2 Å². The van der Waals surface area contributed by atoms with Crippen molar-refractivity contribution < 1.29 is 4.79 Å². The highest BCUT2D eigenvalue weighted by molar-refractivity contribution is 5.84. The molecule has 2 aliphatic carbocycles. The van der Waals surface area contributed by atoms with Gasteiger partial charge in [0, 0.05) is 12.1 Å². The lowest BCUT2D eigenvalue weighted by molar-refractivity contribution is -0.134. The van der Waals surface area contributed by atoms with E-state index in [0.717, 1.165) is 54.4 Å². The van der Waals surface area contributed by atoms with Gasteiger partial charge in [0.05, 0.1) is 35.9 Å². The van der Waals surface area contributed by atoms with Crippen molar-refractivity contribution >= 4 is 5.91 Å². The zero-order valence-electron chi connectivity index (χ0n) is 28.5. The molecule has 8 heteroatoms. The number of hydrogen-bond donors (Lipinski definition) is 3. The van der Waals surface area contributed by atoms with Crippen molar-refractivity contribution in [3.63, 3.8) is 0 Å². The van der Waals surface area contributed by atoms with Crippen LogP contribution in [0, 0.1) is 0 Å². The number of rotatable bonds is 8. The Labute approximate surface area is 288 Å². The predicted molar refractivity (Wildman–Crippen MR) is 193 cm³/mol. The van der Waals surface area contributed by atoms with Crippen LogP contribution in [0.2, 0.25) is 0 Å². The van der Waals surface area contributed by atoms with Crippen molar-refractivity contribution in [2.24, 2.45) is 0 Å². The van der Waals surface area contributed by atoms with Crippen LogP contribution < -0.4 is 5.32 Å². The van der Waals surface area contributed by atoms with Crippen molar-refractivity contribution in [2.45, 2.75) is 74.9 Å². The Bertz CT molecular complexity index is 1980. The number of carbonyl (C=O) groups is 1. The van der Waals surface area contributed by atoms with Crippen molar-refractivity contribution in [3.05, 3.63) is 107 Å². The van der Waals surface area contributed by atoms with Gasteiger partial charge in [0.15, 0.2) is 0 Å². The molecule has 250 valence electrons. The molecule has 5 atom stereocenters. The average Bonchev–Trinajstić information content (AvgIpc) is 3.99. The van der Waals surface area contributed by atoms with Gasteiger partial charge in [-0.05, 0) is 111 Å². The van der Waals surface area contributed by atoms with E-state index in [4.69, 9.17) is 9.97 Å². The molecule has 3 fully saturated rings. The second-order valence-electron chi connectivity index (χ2n) is 14.6. The molecule has 3 unspecified atom stereocenters. The molecule has 1 amide bonds. The van der Waals surface area contributed by atoms with E-state index < -0.39 is 0 Å². The first kappa shape index (κ1) is 30.5. The van der Waals surface area contributed by atoms with Crippen LogP contribution in [0.25, 0.3) is 33.6 Å². The number of aromatic nitrogens is 4. The van der Waals surface area contributed by atoms with E-state index in [1.54, 1.807) is 11.1 Å². The fourth-order valence-electron chi connectivity index (χ4n) is 9.45. The zero-order chi connectivity index (χ0) is 33.1. The minimum absolute atomic E-state index is 0.0540. The third-order valence-corrected chi connectivity index (χ3v) is 11.9. The summed E-state index contributed by atoms with van der Waals surface area (Å²) in [6.07, 6.45) is 12.1. The van der Waals surface area contributed by atoms with Gasteiger partial charge in [0.2, 0.25) is 5.91 Å². The number of amides is 1. The van der Waals surface area contributed by atoms with E-state index in [1.165, 1.54) is 54.5 Å². The molecule has 0 spiro atoms. The number of nitrogens with zero attached hydrogens (tertiary/aromatic N) is 4. The molecule has 8 nitrogen and oxygen atoms in total. The molecular weight excluding hydrogens is 606 g/mol. The maximum absolute atomic E-state index is 13.7. The summed E-state index contributed by atoms with van der Waals surface area (Å²) in [5.41, 5.74) is 11.3. The fourth-order valence-corrected chi connectivity index (χ4v) is 9.45. The van der Waals surface area contributed by atoms with Gasteiger partial charge in [-0.3, -0.25) is 9.69 Å². The Morgan fingerprint density at radius 3 is 2.12 bits per heavy atom. The second-order valence-corrected chi connectivity index (χ2v) is 14.6. The molecule has 1 saturated carbocycles. The maximum Gasteiger partial charge on any atom is 0.244 e. The third kappa shape index (κ3) is 5.24. The SMILES string of the molecule is CN[C@H](C(=O)N1CCC[C@H]1c1ncc(-c2ccc(-c3ccc(-c4cnc(C5CCCN5C)[nH]4)c4c3C3CCC4C3)cc2)[nH]1)c1ccccc1. The predicted octanol–water partition coefficient (Wildman–Crippen LogP) is 7.89. The summed E-state index contributed by atoms with van der Waals surface area (Å²) in [7, 11) is 4.06. The summed E-state index contributed by atoms with van der Waals surface area (Å²) in [5.74, 6) is 3.33. The topological polar surface area (TPSA) is 92.9 Å². The number of likely N-dealkylation sites (N-methyl/N-ethyl adjacent to an activating group) is 1. The molecule has 2 bridgehead atoms. The Morgan fingerprint density at radius 1 is 0.755 bits per heavy atom. The van der Waals surface area contributed by atoms with Gasteiger partial charge in [0.25, 0.3) is 0 Å². The first-order valence-electron chi connectivity index (χ1n) is 18.2. The van der Waals surface area contributed by atoms with E-state index in [1.807, 2.05) is 48.5 Å². The Balaban J connectivity index is 0.967. The van der Waals surface area contributed by atoms with E-state index >= 15 is 0 Å². The highest BCUT2D eigenvalue weighted by Crippen LogP contribution is 2.58. The molecule has 49 heavy (non-hydrogen) atoms. The van der Waals surface area contributed by atoms with Crippen molar-refractivity contribution in [2.75, 3.05) is 27.2 Å². The molecule has 4 aliphatic rings. The van der Waals surface area contributed by atoms with Crippen LogP contribution in [0.15, 0.2) is 79.1 Å². The number of benzene rings is 3. The van der Waals surface area contributed by atoms with Gasteiger partial charge >= 0.3 is 0 Å². The third-order valence-electron chi connectivity index (χ3n) is 11.9. The quantitative estimate of drug-likeness (QED) is 0.159. The van der Waals surface area contributed by atoms with Crippen molar-refractivity contribution in [1.82, 2.24) is 35.1 Å². The van der Waals surface area contributed by atoms with Gasteiger partial charge in [-0.1, -0.05) is 66.7 Å². The van der Waals surface area contributed by atoms with E-state index in [2.05, 4.69) is 69.8 Å². The zero-order valence-corrected chi connectivity index (χ0v) is 28.5. The van der Waals surface area contributed by atoms with Gasteiger partial charge in [-0.2, -0.15) is 0 Å². The largest absolute Gasteiger partial charge is 0.341 e. The van der Waals surface area contributed by atoms with Crippen LogP contribution in [0.3, 0.4) is 0 Å². The molecular formula is C41H45N7O. The van der Waals surface area contributed by atoms with Gasteiger partial charge in [-0.15, -0.1) is 0 Å². The Morgan fingerprint density at radius 2 is 1.39 bits per heavy atom. The summed E-state index contributed by atoms with van der Waals surface area (Å²) in [5, 5.41) is 3.24. The van der Waals surface area contributed by atoms with Crippen LogP contribution in [-0.2, 0) is 4.79 Å². The molecule has 5 aromatic rings. The smallest absolute Gasteiger partial charge is 0.244 e. The summed E-state index contributed by atoms with van der Waals surface area (Å²) in [4.78, 5) is 35.1. The first-order valence-corrected chi connectivity index (χ1v) is 18.2. The number of likely N-dealkylation sites (tertiary alicyclic amines) is 2. The normalized spacial score (nSPS) is 23.8. The summed E-state index contributed by atoms with van der Waals surface area (Å²) < 4.78 is 0. The van der Waals surface area contributed by atoms with Crippen LogP contribution in [-0.4, -0.2) is 62.8 Å². The molecule has 0 radical (unpaired) electrons. The highest BCUT2D eigenvalue weighted by atomic mass is 16.2. The molecule has 2 aliphatic heterocycles. The molecule has 2 saturated heterocycles. The van der Waals surface area contributed by atoms with E-state index in [0.29, 0.717) is 17.9 Å². The second kappa shape index (κ2) is 12.4. The summed E-state index contributed by atoms with van der Waals surface area (Å²) >= 11 is 0. The maximum atomic E-state index is 13.7. The lowest BCUT2D eigenvalue weighted by atomic mass is 9.82. The lowest BCUT2D eigenvalue weighted by Gasteiger charge is -2.28.